The van der Waals surface area contributed by atoms with E-state index in [-0.39, 0.29) is 0 Å². The van der Waals surface area contributed by atoms with Gasteiger partial charge in [-0.25, -0.2) is 4.98 Å². The first-order valence-electron chi connectivity index (χ1n) is 7.31. The van der Waals surface area contributed by atoms with Gasteiger partial charge in [-0.2, -0.15) is 0 Å². The molecule has 5 heteroatoms. The third kappa shape index (κ3) is 4.02. The van der Waals surface area contributed by atoms with Crippen molar-refractivity contribution in [3.63, 3.8) is 0 Å². The smallest absolute Gasteiger partial charge is 0.161 e. The first-order chi connectivity index (χ1) is 11.4. The maximum atomic E-state index is 5.91. The Hall–Kier alpha value is -2.53. The van der Waals surface area contributed by atoms with Gasteiger partial charge in [0.05, 0.1) is 24.9 Å². The van der Waals surface area contributed by atoms with Gasteiger partial charge in [0.15, 0.2) is 11.5 Å². The Labute approximate surface area is 139 Å². The molecule has 3 aromatic rings. The second kappa shape index (κ2) is 7.65. The number of rotatable bonds is 7. The maximum absolute atomic E-state index is 5.91. The van der Waals surface area contributed by atoms with Crippen molar-refractivity contribution in [2.45, 2.75) is 13.2 Å². The third-order valence-corrected chi connectivity index (χ3v) is 4.05. The highest BCUT2D eigenvalue weighted by Crippen LogP contribution is 2.27. The number of aromatic nitrogens is 1. The minimum Gasteiger partial charge on any atom is -0.493 e. The Balaban J connectivity index is 1.68. The molecule has 2 aromatic carbocycles. The summed E-state index contributed by atoms with van der Waals surface area (Å²) in [5, 5.41) is 5.46. The molecule has 118 valence electrons. The van der Waals surface area contributed by atoms with Crippen molar-refractivity contribution in [3.8, 4) is 11.5 Å². The molecule has 0 saturated carbocycles. The van der Waals surface area contributed by atoms with E-state index in [4.69, 9.17) is 9.47 Å². The molecule has 0 saturated heterocycles. The Morgan fingerprint density at radius 2 is 1.83 bits per heavy atom. The van der Waals surface area contributed by atoms with E-state index in [9.17, 15) is 0 Å². The molecule has 0 amide bonds. The zero-order valence-electron chi connectivity index (χ0n) is 12.9. The van der Waals surface area contributed by atoms with E-state index < -0.39 is 0 Å². The fourth-order valence-electron chi connectivity index (χ4n) is 2.22. The lowest BCUT2D eigenvalue weighted by molar-refractivity contribution is 0.285. The molecular weight excluding hydrogens is 308 g/mol. The van der Waals surface area contributed by atoms with Crippen molar-refractivity contribution >= 4 is 17.0 Å². The molecule has 1 N–H and O–H groups in total. The van der Waals surface area contributed by atoms with Crippen molar-refractivity contribution in [2.75, 3.05) is 12.4 Å². The second-order valence-electron chi connectivity index (χ2n) is 4.93. The molecule has 0 spiro atoms. The lowest BCUT2D eigenvalue weighted by atomic mass is 10.2. The highest BCUT2D eigenvalue weighted by molar-refractivity contribution is 7.07. The Morgan fingerprint density at radius 3 is 2.61 bits per heavy atom. The lowest BCUT2D eigenvalue weighted by Crippen LogP contribution is -2.05. The molecular formula is C18H18N2O2S. The fourth-order valence-corrected chi connectivity index (χ4v) is 2.78. The largest absolute Gasteiger partial charge is 0.493 e. The van der Waals surface area contributed by atoms with Crippen LogP contribution in [0.2, 0.25) is 0 Å². The van der Waals surface area contributed by atoms with Gasteiger partial charge in [0.25, 0.3) is 0 Å². The second-order valence-corrected chi connectivity index (χ2v) is 5.65. The molecule has 0 atom stereocenters. The van der Waals surface area contributed by atoms with Crippen LogP contribution in [0.4, 0.5) is 5.69 Å². The van der Waals surface area contributed by atoms with Crippen LogP contribution in [0.5, 0.6) is 11.5 Å². The van der Waals surface area contributed by atoms with E-state index in [2.05, 4.69) is 16.4 Å². The molecule has 0 bridgehead atoms. The summed E-state index contributed by atoms with van der Waals surface area (Å²) in [4.78, 5) is 4.29. The number of anilines is 1. The zero-order valence-corrected chi connectivity index (χ0v) is 13.7. The van der Waals surface area contributed by atoms with Crippen molar-refractivity contribution < 1.29 is 9.47 Å². The van der Waals surface area contributed by atoms with Crippen LogP contribution in [0.25, 0.3) is 0 Å². The van der Waals surface area contributed by atoms with E-state index in [1.165, 1.54) is 0 Å². The number of benzene rings is 2. The number of nitrogens with zero attached hydrogens (tertiary/aromatic N) is 1. The molecule has 0 fully saturated rings. The van der Waals surface area contributed by atoms with E-state index in [1.54, 1.807) is 18.4 Å². The van der Waals surface area contributed by atoms with Gasteiger partial charge in [0, 0.05) is 16.6 Å². The van der Waals surface area contributed by atoms with Crippen LogP contribution in [-0.2, 0) is 13.2 Å². The van der Waals surface area contributed by atoms with E-state index in [0.29, 0.717) is 13.2 Å². The van der Waals surface area contributed by atoms with Crippen molar-refractivity contribution in [3.05, 3.63) is 70.7 Å². The van der Waals surface area contributed by atoms with E-state index >= 15 is 0 Å². The summed E-state index contributed by atoms with van der Waals surface area (Å²) in [6, 6.07) is 15.8. The van der Waals surface area contributed by atoms with Crippen LogP contribution in [0, 0.1) is 0 Å². The molecule has 0 unspecified atom stereocenters. The van der Waals surface area contributed by atoms with Crippen molar-refractivity contribution in [2.24, 2.45) is 0 Å². The number of ether oxygens (including phenoxy) is 2. The van der Waals surface area contributed by atoms with Crippen molar-refractivity contribution in [1.29, 1.82) is 0 Å². The number of nitrogens with one attached hydrogen (secondary N) is 1. The SMILES string of the molecule is COc1ccccc1OCc1ccccc1NCc1cscn1. The van der Waals surface area contributed by atoms with Crippen LogP contribution in [-0.4, -0.2) is 12.1 Å². The normalized spacial score (nSPS) is 10.3. The van der Waals surface area contributed by atoms with Crippen LogP contribution in [0.15, 0.2) is 59.4 Å². The first kappa shape index (κ1) is 15.4. The third-order valence-electron chi connectivity index (χ3n) is 3.41. The summed E-state index contributed by atoms with van der Waals surface area (Å²) >= 11 is 1.60. The summed E-state index contributed by atoms with van der Waals surface area (Å²) in [5.41, 5.74) is 5.02. The summed E-state index contributed by atoms with van der Waals surface area (Å²) in [6.45, 7) is 1.18. The molecule has 1 heterocycles. The quantitative estimate of drug-likeness (QED) is 0.701. The number of hydrogen-bond donors (Lipinski definition) is 1. The van der Waals surface area contributed by atoms with Crippen LogP contribution in [0.1, 0.15) is 11.3 Å². The highest BCUT2D eigenvalue weighted by Gasteiger charge is 2.06. The van der Waals surface area contributed by atoms with E-state index in [0.717, 1.165) is 28.4 Å². The molecule has 1 aromatic heterocycles. The highest BCUT2D eigenvalue weighted by atomic mass is 32.1. The average Bonchev–Trinajstić information content (AvgIpc) is 3.12. The monoisotopic (exact) mass is 326 g/mol. The standard InChI is InChI=1S/C18H18N2O2S/c1-21-17-8-4-5-9-18(17)22-11-14-6-2-3-7-16(14)19-10-15-12-23-13-20-15/h2-9,12-13,19H,10-11H2,1H3. The number of hydrogen-bond acceptors (Lipinski definition) is 5. The Kier molecular flexibility index (Phi) is 5.11. The average molecular weight is 326 g/mol. The van der Waals surface area contributed by atoms with Gasteiger partial charge in [-0.3, -0.25) is 0 Å². The zero-order chi connectivity index (χ0) is 15.9. The fraction of sp³-hybridized carbons (Fsp3) is 0.167. The lowest BCUT2D eigenvalue weighted by Gasteiger charge is -2.14. The Morgan fingerprint density at radius 1 is 1.04 bits per heavy atom. The molecule has 0 radical (unpaired) electrons. The minimum atomic E-state index is 0.473. The van der Waals surface area contributed by atoms with Gasteiger partial charge in [-0.1, -0.05) is 30.3 Å². The minimum absolute atomic E-state index is 0.473. The predicted octanol–water partition coefficient (Wildman–Crippen LogP) is 4.34. The van der Waals surface area contributed by atoms with Gasteiger partial charge >= 0.3 is 0 Å². The number of para-hydroxylation sites is 3. The van der Waals surface area contributed by atoms with Gasteiger partial charge < -0.3 is 14.8 Å². The predicted molar refractivity (Wildman–Crippen MR) is 93.2 cm³/mol. The Bertz CT molecular complexity index is 744. The topological polar surface area (TPSA) is 43.4 Å². The summed E-state index contributed by atoms with van der Waals surface area (Å²) in [5.74, 6) is 1.48. The molecule has 0 aliphatic carbocycles. The summed E-state index contributed by atoms with van der Waals surface area (Å²) < 4.78 is 11.2. The maximum Gasteiger partial charge on any atom is 0.161 e. The summed E-state index contributed by atoms with van der Waals surface area (Å²) in [6.07, 6.45) is 0. The molecule has 3 rings (SSSR count). The van der Waals surface area contributed by atoms with Gasteiger partial charge in [-0.15, -0.1) is 11.3 Å². The number of thiazole rings is 1. The first-order valence-corrected chi connectivity index (χ1v) is 8.26. The molecule has 4 nitrogen and oxygen atoms in total. The van der Waals surface area contributed by atoms with Crippen LogP contribution in [0.3, 0.4) is 0 Å². The van der Waals surface area contributed by atoms with Crippen LogP contribution >= 0.6 is 11.3 Å². The molecule has 23 heavy (non-hydrogen) atoms. The molecule has 0 aliphatic rings. The van der Waals surface area contributed by atoms with Gasteiger partial charge in [0.2, 0.25) is 0 Å². The summed E-state index contributed by atoms with van der Waals surface area (Å²) in [7, 11) is 1.64. The van der Waals surface area contributed by atoms with Crippen LogP contribution < -0.4 is 14.8 Å². The van der Waals surface area contributed by atoms with Crippen molar-refractivity contribution in [1.82, 2.24) is 4.98 Å². The van der Waals surface area contributed by atoms with Gasteiger partial charge in [0.1, 0.15) is 6.61 Å². The van der Waals surface area contributed by atoms with Gasteiger partial charge in [-0.05, 0) is 18.2 Å². The number of methoxy groups -OCH3 is 1. The molecule has 0 aliphatic heterocycles. The van der Waals surface area contributed by atoms with E-state index in [1.807, 2.05) is 53.4 Å².